The number of piperidine rings is 1. The molecule has 0 aliphatic carbocycles. The van der Waals surface area contributed by atoms with Crippen molar-refractivity contribution in [2.45, 2.75) is 25.7 Å². The second-order valence-electron chi connectivity index (χ2n) is 6.88. The summed E-state index contributed by atoms with van der Waals surface area (Å²) in [4.78, 5) is 31.2. The SMILES string of the molecule is Cc1noc(C2CCN(C(=O)c3cccc(NC(=O)c4ccc(Br)o4)c3)CC2)n1. The van der Waals surface area contributed by atoms with Crippen LogP contribution in [0.3, 0.4) is 0 Å². The second kappa shape index (κ2) is 8.20. The average molecular weight is 459 g/mol. The number of halogens is 1. The van der Waals surface area contributed by atoms with E-state index >= 15 is 0 Å². The molecule has 1 aliphatic heterocycles. The van der Waals surface area contributed by atoms with Gasteiger partial charge in [-0.3, -0.25) is 9.59 Å². The highest BCUT2D eigenvalue weighted by Crippen LogP contribution is 2.28. The van der Waals surface area contributed by atoms with Crippen molar-refractivity contribution in [1.29, 1.82) is 0 Å². The molecule has 9 heteroatoms. The van der Waals surface area contributed by atoms with Crippen molar-refractivity contribution in [1.82, 2.24) is 15.0 Å². The first-order chi connectivity index (χ1) is 14.0. The molecule has 0 saturated carbocycles. The third-order valence-corrected chi connectivity index (χ3v) is 5.27. The molecule has 3 heterocycles. The summed E-state index contributed by atoms with van der Waals surface area (Å²) in [5, 5.41) is 6.59. The number of carbonyl (C=O) groups is 2. The Bertz CT molecular complexity index is 1040. The zero-order valence-electron chi connectivity index (χ0n) is 15.7. The fourth-order valence-electron chi connectivity index (χ4n) is 3.35. The molecule has 0 radical (unpaired) electrons. The number of furan rings is 1. The van der Waals surface area contributed by atoms with Crippen LogP contribution in [-0.2, 0) is 0 Å². The Labute approximate surface area is 175 Å². The van der Waals surface area contributed by atoms with Crippen LogP contribution in [0.4, 0.5) is 5.69 Å². The van der Waals surface area contributed by atoms with Crippen LogP contribution in [0.15, 0.2) is 50.0 Å². The summed E-state index contributed by atoms with van der Waals surface area (Å²) in [6, 6.07) is 10.1. The molecule has 2 aromatic heterocycles. The van der Waals surface area contributed by atoms with Crippen LogP contribution in [-0.4, -0.2) is 39.9 Å². The molecule has 0 bridgehead atoms. The van der Waals surface area contributed by atoms with E-state index in [0.717, 1.165) is 12.8 Å². The van der Waals surface area contributed by atoms with Crippen molar-refractivity contribution in [3.8, 4) is 0 Å². The molecular formula is C20H19BrN4O4. The van der Waals surface area contributed by atoms with E-state index in [-0.39, 0.29) is 23.5 Å². The lowest BCUT2D eigenvalue weighted by molar-refractivity contribution is 0.0704. The largest absolute Gasteiger partial charge is 0.444 e. The summed E-state index contributed by atoms with van der Waals surface area (Å²) in [5.41, 5.74) is 1.06. The van der Waals surface area contributed by atoms with Gasteiger partial charge in [0, 0.05) is 30.3 Å². The van der Waals surface area contributed by atoms with Gasteiger partial charge in [0.1, 0.15) is 0 Å². The number of benzene rings is 1. The molecule has 1 aliphatic rings. The number of nitrogens with zero attached hydrogens (tertiary/aromatic N) is 3. The summed E-state index contributed by atoms with van der Waals surface area (Å²) in [5.74, 6) is 1.19. The second-order valence-corrected chi connectivity index (χ2v) is 7.67. The first-order valence-corrected chi connectivity index (χ1v) is 10.0. The molecule has 2 amide bonds. The van der Waals surface area contributed by atoms with Gasteiger partial charge in [-0.15, -0.1) is 0 Å². The molecule has 0 atom stereocenters. The predicted octanol–water partition coefficient (Wildman–Crippen LogP) is 4.01. The fourth-order valence-corrected chi connectivity index (χ4v) is 3.66. The minimum Gasteiger partial charge on any atom is -0.444 e. The van der Waals surface area contributed by atoms with E-state index in [2.05, 4.69) is 31.4 Å². The van der Waals surface area contributed by atoms with Crippen molar-refractivity contribution >= 4 is 33.4 Å². The Hall–Kier alpha value is -2.94. The highest BCUT2D eigenvalue weighted by molar-refractivity contribution is 9.10. The van der Waals surface area contributed by atoms with Gasteiger partial charge in [-0.05, 0) is 66.0 Å². The number of anilines is 1. The molecule has 0 spiro atoms. The number of hydrogen-bond donors (Lipinski definition) is 1. The van der Waals surface area contributed by atoms with E-state index in [0.29, 0.717) is 40.7 Å². The van der Waals surface area contributed by atoms with E-state index in [1.165, 1.54) is 0 Å². The van der Waals surface area contributed by atoms with Gasteiger partial charge in [0.05, 0.1) is 0 Å². The lowest BCUT2D eigenvalue weighted by Crippen LogP contribution is -2.38. The Morgan fingerprint density at radius 2 is 2.00 bits per heavy atom. The predicted molar refractivity (Wildman–Crippen MR) is 108 cm³/mol. The number of amides is 2. The van der Waals surface area contributed by atoms with Crippen LogP contribution in [0.25, 0.3) is 0 Å². The Morgan fingerprint density at radius 1 is 1.21 bits per heavy atom. The third-order valence-electron chi connectivity index (χ3n) is 4.84. The smallest absolute Gasteiger partial charge is 0.291 e. The zero-order valence-corrected chi connectivity index (χ0v) is 17.3. The molecule has 1 N–H and O–H groups in total. The van der Waals surface area contributed by atoms with Crippen LogP contribution < -0.4 is 5.32 Å². The normalized spacial score (nSPS) is 14.8. The van der Waals surface area contributed by atoms with Gasteiger partial charge < -0.3 is 19.2 Å². The van der Waals surface area contributed by atoms with Crippen LogP contribution in [0.1, 0.15) is 51.4 Å². The number of carbonyl (C=O) groups excluding carboxylic acids is 2. The van der Waals surface area contributed by atoms with E-state index < -0.39 is 0 Å². The topological polar surface area (TPSA) is 101 Å². The van der Waals surface area contributed by atoms with E-state index in [1.807, 2.05) is 4.90 Å². The average Bonchev–Trinajstić information content (AvgIpc) is 3.36. The van der Waals surface area contributed by atoms with Crippen molar-refractivity contribution in [2.24, 2.45) is 0 Å². The molecule has 3 aromatic rings. The van der Waals surface area contributed by atoms with Gasteiger partial charge in [-0.25, -0.2) is 0 Å². The molecule has 150 valence electrons. The van der Waals surface area contributed by atoms with Gasteiger partial charge in [0.25, 0.3) is 11.8 Å². The Kier molecular flexibility index (Phi) is 5.48. The van der Waals surface area contributed by atoms with Crippen molar-refractivity contribution in [3.63, 3.8) is 0 Å². The number of likely N-dealkylation sites (tertiary alicyclic amines) is 1. The number of hydrogen-bond acceptors (Lipinski definition) is 6. The number of nitrogens with one attached hydrogen (secondary N) is 1. The standard InChI is InChI=1S/C20H19BrN4O4/c1-12-22-19(29-24-12)13-7-9-25(10-8-13)20(27)14-3-2-4-15(11-14)23-18(26)16-5-6-17(21)28-16/h2-6,11,13H,7-10H2,1H3,(H,23,26). The summed E-state index contributed by atoms with van der Waals surface area (Å²) in [7, 11) is 0. The number of aromatic nitrogens is 2. The molecular weight excluding hydrogens is 440 g/mol. The van der Waals surface area contributed by atoms with Gasteiger partial charge in [-0.1, -0.05) is 11.2 Å². The van der Waals surface area contributed by atoms with Crippen LogP contribution in [0, 0.1) is 6.92 Å². The minimum absolute atomic E-state index is 0.0676. The van der Waals surface area contributed by atoms with Crippen molar-refractivity contribution in [2.75, 3.05) is 18.4 Å². The van der Waals surface area contributed by atoms with Crippen LogP contribution in [0.5, 0.6) is 0 Å². The fraction of sp³-hybridized carbons (Fsp3) is 0.300. The lowest BCUT2D eigenvalue weighted by Gasteiger charge is -2.30. The molecule has 29 heavy (non-hydrogen) atoms. The summed E-state index contributed by atoms with van der Waals surface area (Å²) in [6.07, 6.45) is 1.55. The maximum absolute atomic E-state index is 12.9. The number of rotatable bonds is 4. The quantitative estimate of drug-likeness (QED) is 0.633. The Balaban J connectivity index is 1.39. The maximum atomic E-state index is 12.9. The van der Waals surface area contributed by atoms with Crippen LogP contribution >= 0.6 is 15.9 Å². The lowest BCUT2D eigenvalue weighted by atomic mass is 9.96. The highest BCUT2D eigenvalue weighted by atomic mass is 79.9. The molecule has 4 rings (SSSR count). The van der Waals surface area contributed by atoms with E-state index in [4.69, 9.17) is 8.94 Å². The summed E-state index contributed by atoms with van der Waals surface area (Å²) in [6.45, 7) is 3.02. The summed E-state index contributed by atoms with van der Waals surface area (Å²) < 4.78 is 11.0. The molecule has 1 fully saturated rings. The molecule has 1 aromatic carbocycles. The minimum atomic E-state index is -0.379. The number of aryl methyl sites for hydroxylation is 1. The maximum Gasteiger partial charge on any atom is 0.291 e. The first-order valence-electron chi connectivity index (χ1n) is 9.26. The zero-order chi connectivity index (χ0) is 20.4. The van der Waals surface area contributed by atoms with Gasteiger partial charge in [-0.2, -0.15) is 4.98 Å². The molecule has 8 nitrogen and oxygen atoms in total. The molecule has 1 saturated heterocycles. The van der Waals surface area contributed by atoms with Gasteiger partial charge in [0.2, 0.25) is 5.89 Å². The van der Waals surface area contributed by atoms with E-state index in [1.54, 1.807) is 43.3 Å². The Morgan fingerprint density at radius 3 is 2.66 bits per heavy atom. The monoisotopic (exact) mass is 458 g/mol. The first kappa shape index (κ1) is 19.4. The van der Waals surface area contributed by atoms with E-state index in [9.17, 15) is 9.59 Å². The van der Waals surface area contributed by atoms with Crippen molar-refractivity contribution < 1.29 is 18.5 Å². The van der Waals surface area contributed by atoms with Gasteiger partial charge in [0.15, 0.2) is 16.3 Å². The highest BCUT2D eigenvalue weighted by Gasteiger charge is 2.27. The third kappa shape index (κ3) is 4.40. The van der Waals surface area contributed by atoms with Gasteiger partial charge >= 0.3 is 0 Å². The summed E-state index contributed by atoms with van der Waals surface area (Å²) >= 11 is 3.17. The molecule has 0 unspecified atom stereocenters. The van der Waals surface area contributed by atoms with Crippen LogP contribution in [0.2, 0.25) is 0 Å². The van der Waals surface area contributed by atoms with Crippen molar-refractivity contribution in [3.05, 3.63) is 64.1 Å².